The van der Waals surface area contributed by atoms with Gasteiger partial charge < -0.3 is 0 Å². The molecule has 0 fully saturated rings. The second kappa shape index (κ2) is 2.58. The molecule has 1 rings (SSSR count). The molecule has 0 spiro atoms. The molecule has 0 aliphatic carbocycles. The summed E-state index contributed by atoms with van der Waals surface area (Å²) in [5.74, 6) is 0. The topological polar surface area (TPSA) is 25.8 Å². The lowest BCUT2D eigenvalue weighted by Gasteiger charge is -1.93. The molecule has 0 N–H and O–H groups in total. The maximum atomic E-state index is 4.17. The van der Waals surface area contributed by atoms with Crippen LogP contribution in [0, 0.1) is 13.3 Å². The van der Waals surface area contributed by atoms with Gasteiger partial charge in [0.1, 0.15) is 0 Å². The van der Waals surface area contributed by atoms with E-state index in [1.54, 1.807) is 12.4 Å². The van der Waals surface area contributed by atoms with E-state index in [2.05, 4.69) is 9.97 Å². The van der Waals surface area contributed by atoms with Crippen LogP contribution in [0.4, 0.5) is 0 Å². The summed E-state index contributed by atoms with van der Waals surface area (Å²) in [5, 5.41) is 0. The molecule has 1 aromatic heterocycles. The first-order valence-corrected chi connectivity index (χ1v) is 2.91. The van der Waals surface area contributed by atoms with Gasteiger partial charge in [-0.15, -0.1) is 0 Å². The average Bonchev–Trinajstić information content (AvgIpc) is 1.88. The van der Waals surface area contributed by atoms with Gasteiger partial charge in [0.05, 0.1) is 11.4 Å². The normalized spacial score (nSPS) is 9.56. The standard InChI is InChI=1S/C7H9N2/c1-3-7-5-8-4-6(2)9-7/h3-5H,1-2H3. The molecule has 0 saturated heterocycles. The van der Waals surface area contributed by atoms with E-state index < -0.39 is 0 Å². The van der Waals surface area contributed by atoms with Gasteiger partial charge in [-0.25, -0.2) is 0 Å². The number of aryl methyl sites for hydroxylation is 1. The Morgan fingerprint density at radius 2 is 2.22 bits per heavy atom. The molecule has 0 aliphatic heterocycles. The Kier molecular flexibility index (Phi) is 1.78. The molecule has 2 nitrogen and oxygen atoms in total. The Bertz CT molecular complexity index is 196. The number of aromatic nitrogens is 2. The maximum absolute atomic E-state index is 4.17. The van der Waals surface area contributed by atoms with Crippen molar-refractivity contribution in [3.8, 4) is 0 Å². The van der Waals surface area contributed by atoms with Crippen molar-refractivity contribution in [3.63, 3.8) is 0 Å². The van der Waals surface area contributed by atoms with Gasteiger partial charge in [0.15, 0.2) is 0 Å². The second-order valence-corrected chi connectivity index (χ2v) is 1.87. The van der Waals surface area contributed by atoms with Crippen LogP contribution in [0.1, 0.15) is 18.3 Å². The van der Waals surface area contributed by atoms with E-state index >= 15 is 0 Å². The van der Waals surface area contributed by atoms with Crippen LogP contribution in [0.5, 0.6) is 0 Å². The van der Waals surface area contributed by atoms with Gasteiger partial charge in [-0.2, -0.15) is 0 Å². The fourth-order valence-electron chi connectivity index (χ4n) is 0.622. The molecule has 1 heterocycles. The summed E-state index contributed by atoms with van der Waals surface area (Å²) in [7, 11) is 0. The molecule has 0 atom stereocenters. The second-order valence-electron chi connectivity index (χ2n) is 1.87. The number of rotatable bonds is 1. The maximum Gasteiger partial charge on any atom is 0.0624 e. The van der Waals surface area contributed by atoms with Crippen molar-refractivity contribution < 1.29 is 0 Å². The molecule has 1 radical (unpaired) electrons. The Hall–Kier alpha value is -0.920. The molecule has 0 amide bonds. The van der Waals surface area contributed by atoms with Crippen LogP contribution in [0.15, 0.2) is 12.4 Å². The average molecular weight is 121 g/mol. The number of nitrogens with zero attached hydrogens (tertiary/aromatic N) is 2. The summed E-state index contributed by atoms with van der Waals surface area (Å²) in [6.45, 7) is 3.88. The molecule has 0 bridgehead atoms. The lowest BCUT2D eigenvalue weighted by atomic mass is 10.3. The minimum atomic E-state index is 0.940. The van der Waals surface area contributed by atoms with Crippen molar-refractivity contribution >= 4 is 0 Å². The molecule has 1 aromatic rings. The van der Waals surface area contributed by atoms with Gasteiger partial charge in [-0.1, -0.05) is 6.92 Å². The largest absolute Gasteiger partial charge is 0.261 e. The van der Waals surface area contributed by atoms with Crippen molar-refractivity contribution in [3.05, 3.63) is 30.2 Å². The molecule has 0 saturated carbocycles. The van der Waals surface area contributed by atoms with E-state index in [-0.39, 0.29) is 0 Å². The van der Waals surface area contributed by atoms with Crippen LogP contribution >= 0.6 is 0 Å². The highest BCUT2D eigenvalue weighted by Gasteiger charge is 1.89. The van der Waals surface area contributed by atoms with Crippen LogP contribution in [-0.2, 0) is 0 Å². The fraction of sp³-hybridized carbons (Fsp3) is 0.286. The van der Waals surface area contributed by atoms with E-state index in [1.807, 2.05) is 20.3 Å². The summed E-state index contributed by atoms with van der Waals surface area (Å²) >= 11 is 0. The minimum absolute atomic E-state index is 0.940. The Morgan fingerprint density at radius 3 is 2.67 bits per heavy atom. The predicted octanol–water partition coefficient (Wildman–Crippen LogP) is 1.36. The molecule has 0 aliphatic rings. The first-order chi connectivity index (χ1) is 4.33. The van der Waals surface area contributed by atoms with Gasteiger partial charge in [0.25, 0.3) is 0 Å². The molecule has 0 aromatic carbocycles. The summed E-state index contributed by atoms with van der Waals surface area (Å²) in [6.07, 6.45) is 5.42. The zero-order valence-corrected chi connectivity index (χ0v) is 5.63. The Balaban J connectivity index is 2.94. The Labute approximate surface area is 55.0 Å². The molecular formula is C7H9N2. The quantitative estimate of drug-likeness (QED) is 0.560. The molecule has 9 heavy (non-hydrogen) atoms. The number of hydrogen-bond donors (Lipinski definition) is 0. The highest BCUT2D eigenvalue weighted by molar-refractivity contribution is 5.08. The third-order valence-corrected chi connectivity index (χ3v) is 1.07. The van der Waals surface area contributed by atoms with Gasteiger partial charge in [0.2, 0.25) is 0 Å². The van der Waals surface area contributed by atoms with Crippen molar-refractivity contribution in [2.45, 2.75) is 13.8 Å². The SMILES string of the molecule is C[CH]c1cncc(C)n1. The van der Waals surface area contributed by atoms with Crippen molar-refractivity contribution in [2.24, 2.45) is 0 Å². The van der Waals surface area contributed by atoms with E-state index in [0.29, 0.717) is 0 Å². The molecule has 2 heteroatoms. The molecule has 0 unspecified atom stereocenters. The van der Waals surface area contributed by atoms with E-state index in [9.17, 15) is 0 Å². The van der Waals surface area contributed by atoms with Crippen molar-refractivity contribution in [2.75, 3.05) is 0 Å². The van der Waals surface area contributed by atoms with Gasteiger partial charge >= 0.3 is 0 Å². The Morgan fingerprint density at radius 1 is 1.44 bits per heavy atom. The first-order valence-electron chi connectivity index (χ1n) is 2.91. The van der Waals surface area contributed by atoms with Crippen molar-refractivity contribution in [1.29, 1.82) is 0 Å². The summed E-state index contributed by atoms with van der Waals surface area (Å²) in [6, 6.07) is 0. The third kappa shape index (κ3) is 1.49. The zero-order chi connectivity index (χ0) is 6.69. The minimum Gasteiger partial charge on any atom is -0.261 e. The summed E-state index contributed by atoms with van der Waals surface area (Å²) in [4.78, 5) is 8.13. The van der Waals surface area contributed by atoms with Gasteiger partial charge in [-0.3, -0.25) is 9.97 Å². The fourth-order valence-corrected chi connectivity index (χ4v) is 0.622. The third-order valence-electron chi connectivity index (χ3n) is 1.07. The smallest absolute Gasteiger partial charge is 0.0624 e. The first kappa shape index (κ1) is 6.20. The van der Waals surface area contributed by atoms with Crippen LogP contribution in [0.3, 0.4) is 0 Å². The van der Waals surface area contributed by atoms with E-state index in [0.717, 1.165) is 11.4 Å². The van der Waals surface area contributed by atoms with E-state index in [1.165, 1.54) is 0 Å². The monoisotopic (exact) mass is 121 g/mol. The number of hydrogen-bond acceptors (Lipinski definition) is 2. The van der Waals surface area contributed by atoms with Crippen LogP contribution in [0.25, 0.3) is 0 Å². The van der Waals surface area contributed by atoms with Crippen LogP contribution in [-0.4, -0.2) is 9.97 Å². The van der Waals surface area contributed by atoms with Crippen LogP contribution in [0.2, 0.25) is 0 Å². The van der Waals surface area contributed by atoms with Gasteiger partial charge in [-0.05, 0) is 6.92 Å². The predicted molar refractivity (Wildman–Crippen MR) is 35.8 cm³/mol. The lowest BCUT2D eigenvalue weighted by Crippen LogP contribution is -1.88. The highest BCUT2D eigenvalue weighted by atomic mass is 14.8. The summed E-state index contributed by atoms with van der Waals surface area (Å²) < 4.78 is 0. The van der Waals surface area contributed by atoms with Crippen LogP contribution < -0.4 is 0 Å². The highest BCUT2D eigenvalue weighted by Crippen LogP contribution is 1.95. The molecular weight excluding hydrogens is 112 g/mol. The van der Waals surface area contributed by atoms with Crippen molar-refractivity contribution in [1.82, 2.24) is 9.97 Å². The summed E-state index contributed by atoms with van der Waals surface area (Å²) in [5.41, 5.74) is 1.90. The van der Waals surface area contributed by atoms with Gasteiger partial charge in [0, 0.05) is 18.8 Å². The lowest BCUT2D eigenvalue weighted by molar-refractivity contribution is 1.06. The zero-order valence-electron chi connectivity index (χ0n) is 5.63. The molecule has 47 valence electrons. The van der Waals surface area contributed by atoms with E-state index in [4.69, 9.17) is 0 Å².